The predicted molar refractivity (Wildman–Crippen MR) is 84.4 cm³/mol. The molecule has 0 radical (unpaired) electrons. The largest absolute Gasteiger partial charge is 0.383 e. The first kappa shape index (κ1) is 14.2. The molecule has 2 N–H and O–H groups in total. The summed E-state index contributed by atoms with van der Waals surface area (Å²) in [5.41, 5.74) is 10.6. The lowest BCUT2D eigenvalue weighted by Crippen LogP contribution is -2.06. The van der Waals surface area contributed by atoms with E-state index in [1.807, 2.05) is 4.57 Å². The van der Waals surface area contributed by atoms with Crippen LogP contribution in [-0.2, 0) is 13.0 Å². The van der Waals surface area contributed by atoms with Gasteiger partial charge in [-0.05, 0) is 32.4 Å². The summed E-state index contributed by atoms with van der Waals surface area (Å²) >= 11 is 0. The van der Waals surface area contributed by atoms with Crippen LogP contribution in [-0.4, -0.2) is 9.55 Å². The molecule has 104 valence electrons. The number of rotatable bonds is 4. The Balaban J connectivity index is 2.57. The Morgan fingerprint density at radius 3 is 2.45 bits per heavy atom. The number of anilines is 1. The average Bonchev–Trinajstić information content (AvgIpc) is 2.67. The average molecular weight is 267 g/mol. The molecule has 2 aromatic rings. The molecular formula is C17H21N3. The van der Waals surface area contributed by atoms with Gasteiger partial charge >= 0.3 is 0 Å². The Kier molecular flexibility index (Phi) is 4.14. The van der Waals surface area contributed by atoms with E-state index in [0.29, 0.717) is 12.4 Å². The van der Waals surface area contributed by atoms with E-state index >= 15 is 0 Å². The molecule has 2 rings (SSSR count). The molecule has 20 heavy (non-hydrogen) atoms. The van der Waals surface area contributed by atoms with E-state index in [4.69, 9.17) is 17.1 Å². The zero-order chi connectivity index (χ0) is 14.7. The molecule has 1 heterocycles. The lowest BCUT2D eigenvalue weighted by Gasteiger charge is -2.06. The third-order valence-electron chi connectivity index (χ3n) is 3.30. The number of hydrogen-bond donors (Lipinski definition) is 1. The summed E-state index contributed by atoms with van der Waals surface area (Å²) in [6.45, 7) is 6.76. The van der Waals surface area contributed by atoms with Crippen LogP contribution in [0.25, 0.3) is 11.3 Å². The summed E-state index contributed by atoms with van der Waals surface area (Å²) in [6, 6.07) is 6.37. The monoisotopic (exact) mass is 267 g/mol. The minimum Gasteiger partial charge on any atom is -0.383 e. The molecule has 0 amide bonds. The molecule has 0 aliphatic carbocycles. The fourth-order valence-electron chi connectivity index (χ4n) is 2.52. The summed E-state index contributed by atoms with van der Waals surface area (Å²) in [6.07, 6.45) is 7.34. The maximum atomic E-state index is 6.26. The van der Waals surface area contributed by atoms with Crippen LogP contribution in [0.1, 0.15) is 30.3 Å². The number of aromatic nitrogens is 2. The first-order chi connectivity index (χ1) is 9.56. The molecule has 0 saturated heterocycles. The number of nitrogens with two attached hydrogens (primary N) is 1. The van der Waals surface area contributed by atoms with Crippen molar-refractivity contribution in [1.29, 1.82) is 0 Å². The number of imidazole rings is 1. The quantitative estimate of drug-likeness (QED) is 0.863. The molecule has 0 unspecified atom stereocenters. The molecular weight excluding hydrogens is 246 g/mol. The van der Waals surface area contributed by atoms with Gasteiger partial charge < -0.3 is 10.3 Å². The van der Waals surface area contributed by atoms with Crippen molar-refractivity contribution < 1.29 is 0 Å². The van der Waals surface area contributed by atoms with Gasteiger partial charge in [-0.25, -0.2) is 4.98 Å². The molecule has 0 aliphatic rings. The summed E-state index contributed by atoms with van der Waals surface area (Å²) < 4.78 is 1.94. The third kappa shape index (κ3) is 2.70. The SMILES string of the molecule is C#CCn1c(CCC)nc(-c2cc(C)cc(C)c2)c1N. The second kappa shape index (κ2) is 5.83. The van der Waals surface area contributed by atoms with E-state index < -0.39 is 0 Å². The fraction of sp³-hybridized carbons (Fsp3) is 0.353. The van der Waals surface area contributed by atoms with Gasteiger partial charge in [-0.2, -0.15) is 0 Å². The summed E-state index contributed by atoms with van der Waals surface area (Å²) in [4.78, 5) is 4.71. The van der Waals surface area contributed by atoms with Gasteiger partial charge in [0.15, 0.2) is 0 Å². The molecule has 0 spiro atoms. The van der Waals surface area contributed by atoms with Crippen LogP contribution >= 0.6 is 0 Å². The van der Waals surface area contributed by atoms with Gasteiger partial charge in [0.25, 0.3) is 0 Å². The molecule has 0 fully saturated rings. The van der Waals surface area contributed by atoms with Crippen molar-refractivity contribution in [2.24, 2.45) is 0 Å². The van der Waals surface area contributed by atoms with E-state index in [2.05, 4.69) is 44.9 Å². The highest BCUT2D eigenvalue weighted by molar-refractivity contribution is 5.72. The van der Waals surface area contributed by atoms with E-state index in [9.17, 15) is 0 Å². The molecule has 0 aliphatic heterocycles. The van der Waals surface area contributed by atoms with Crippen molar-refractivity contribution >= 4 is 5.82 Å². The smallest absolute Gasteiger partial charge is 0.132 e. The Morgan fingerprint density at radius 2 is 1.90 bits per heavy atom. The van der Waals surface area contributed by atoms with Crippen LogP contribution in [0.5, 0.6) is 0 Å². The lowest BCUT2D eigenvalue weighted by molar-refractivity contribution is 0.733. The first-order valence-electron chi connectivity index (χ1n) is 6.93. The van der Waals surface area contributed by atoms with E-state index in [0.717, 1.165) is 29.9 Å². The number of nitrogen functional groups attached to an aromatic ring is 1. The minimum absolute atomic E-state index is 0.471. The first-order valence-corrected chi connectivity index (χ1v) is 6.93. The van der Waals surface area contributed by atoms with Crippen LogP contribution in [0.15, 0.2) is 18.2 Å². The number of hydrogen-bond acceptors (Lipinski definition) is 2. The topological polar surface area (TPSA) is 43.8 Å². The van der Waals surface area contributed by atoms with Crippen LogP contribution in [0.4, 0.5) is 5.82 Å². The van der Waals surface area contributed by atoms with Crippen LogP contribution in [0.2, 0.25) is 0 Å². The van der Waals surface area contributed by atoms with E-state index in [-0.39, 0.29) is 0 Å². The zero-order valence-electron chi connectivity index (χ0n) is 12.4. The number of terminal acetylenes is 1. The Morgan fingerprint density at radius 1 is 1.25 bits per heavy atom. The maximum Gasteiger partial charge on any atom is 0.132 e. The van der Waals surface area contributed by atoms with Crippen molar-refractivity contribution in [2.75, 3.05) is 5.73 Å². The molecule has 0 atom stereocenters. The molecule has 1 aromatic carbocycles. The van der Waals surface area contributed by atoms with E-state index in [1.165, 1.54) is 11.1 Å². The van der Waals surface area contributed by atoms with Crippen molar-refractivity contribution in [3.05, 3.63) is 35.2 Å². The number of aryl methyl sites for hydroxylation is 3. The maximum absolute atomic E-state index is 6.26. The normalized spacial score (nSPS) is 10.5. The van der Waals surface area contributed by atoms with Crippen molar-refractivity contribution in [2.45, 2.75) is 40.2 Å². The Hall–Kier alpha value is -2.21. The minimum atomic E-state index is 0.471. The Labute approximate surface area is 120 Å². The summed E-state index contributed by atoms with van der Waals surface area (Å²) in [7, 11) is 0. The summed E-state index contributed by atoms with van der Waals surface area (Å²) in [5, 5.41) is 0. The highest BCUT2D eigenvalue weighted by Crippen LogP contribution is 2.28. The van der Waals surface area contributed by atoms with Gasteiger partial charge in [0, 0.05) is 12.0 Å². The van der Waals surface area contributed by atoms with Gasteiger partial charge in [-0.15, -0.1) is 6.42 Å². The van der Waals surface area contributed by atoms with Crippen molar-refractivity contribution in [3.8, 4) is 23.6 Å². The molecule has 1 aromatic heterocycles. The Bertz CT molecular complexity index is 639. The molecule has 0 saturated carbocycles. The van der Waals surface area contributed by atoms with Crippen molar-refractivity contribution in [3.63, 3.8) is 0 Å². The molecule has 0 bridgehead atoms. The molecule has 3 heteroatoms. The van der Waals surface area contributed by atoms with Crippen molar-refractivity contribution in [1.82, 2.24) is 9.55 Å². The number of nitrogens with zero attached hydrogens (tertiary/aromatic N) is 2. The molecule has 3 nitrogen and oxygen atoms in total. The predicted octanol–water partition coefficient (Wildman–Crippen LogP) is 3.33. The van der Waals surface area contributed by atoms with Gasteiger partial charge in [-0.3, -0.25) is 0 Å². The summed E-state index contributed by atoms with van der Waals surface area (Å²) in [5.74, 6) is 4.29. The van der Waals surface area contributed by atoms with Crippen LogP contribution in [0.3, 0.4) is 0 Å². The highest BCUT2D eigenvalue weighted by atomic mass is 15.1. The van der Waals surface area contributed by atoms with Gasteiger partial charge in [-0.1, -0.05) is 30.0 Å². The second-order valence-electron chi connectivity index (χ2n) is 5.18. The van der Waals surface area contributed by atoms with E-state index in [1.54, 1.807) is 0 Å². The fourth-order valence-corrected chi connectivity index (χ4v) is 2.52. The van der Waals surface area contributed by atoms with Gasteiger partial charge in [0.2, 0.25) is 0 Å². The van der Waals surface area contributed by atoms with Crippen LogP contribution in [0, 0.1) is 26.2 Å². The van der Waals surface area contributed by atoms with Gasteiger partial charge in [0.05, 0.1) is 6.54 Å². The van der Waals surface area contributed by atoms with Crippen LogP contribution < -0.4 is 5.73 Å². The van der Waals surface area contributed by atoms with Gasteiger partial charge in [0.1, 0.15) is 17.3 Å². The standard InChI is InChI=1S/C17H21N3/c1-5-7-15-19-16(17(18)20(15)8-6-2)14-10-12(3)9-13(4)11-14/h2,9-11H,5,7-8,18H2,1,3-4H3. The number of benzene rings is 1. The lowest BCUT2D eigenvalue weighted by atomic mass is 10.1. The zero-order valence-corrected chi connectivity index (χ0v) is 12.4. The highest BCUT2D eigenvalue weighted by Gasteiger charge is 2.15. The second-order valence-corrected chi connectivity index (χ2v) is 5.18. The third-order valence-corrected chi connectivity index (χ3v) is 3.30.